The fraction of sp³-hybridized carbons (Fsp3) is 0.550. The molecule has 0 fully saturated rings. The van der Waals surface area contributed by atoms with E-state index >= 15 is 0 Å². The molecular formula is C20H31N5O3. The van der Waals surface area contributed by atoms with Gasteiger partial charge in [0.1, 0.15) is 12.4 Å². The van der Waals surface area contributed by atoms with Gasteiger partial charge in [0.05, 0.1) is 13.2 Å². The molecule has 0 amide bonds. The maximum absolute atomic E-state index is 5.83. The van der Waals surface area contributed by atoms with E-state index < -0.39 is 0 Å². The predicted molar refractivity (Wildman–Crippen MR) is 109 cm³/mol. The maximum atomic E-state index is 5.83. The molecule has 0 aliphatic rings. The lowest BCUT2D eigenvalue weighted by Crippen LogP contribution is -2.36. The van der Waals surface area contributed by atoms with E-state index in [4.69, 9.17) is 14.0 Å². The highest BCUT2D eigenvalue weighted by Crippen LogP contribution is 2.21. The molecule has 0 saturated carbocycles. The van der Waals surface area contributed by atoms with Crippen molar-refractivity contribution in [2.45, 2.75) is 46.2 Å². The molecule has 1 heterocycles. The third-order valence-electron chi connectivity index (χ3n) is 3.96. The molecule has 8 nitrogen and oxygen atoms in total. The number of benzene rings is 1. The number of methoxy groups -OCH3 is 1. The summed E-state index contributed by atoms with van der Waals surface area (Å²) in [5, 5.41) is 10.5. The summed E-state index contributed by atoms with van der Waals surface area (Å²) < 4.78 is 16.2. The number of nitrogens with zero attached hydrogens (tertiary/aromatic N) is 3. The van der Waals surface area contributed by atoms with Gasteiger partial charge in [-0.15, -0.1) is 0 Å². The normalized spacial score (nSPS) is 12.1. The molecule has 0 saturated heterocycles. The molecule has 0 atom stereocenters. The quantitative estimate of drug-likeness (QED) is 0.407. The Morgan fingerprint density at radius 1 is 1.18 bits per heavy atom. The van der Waals surface area contributed by atoms with E-state index in [1.165, 1.54) is 0 Å². The molecule has 0 spiro atoms. The summed E-state index contributed by atoms with van der Waals surface area (Å²) in [4.78, 5) is 8.66. The summed E-state index contributed by atoms with van der Waals surface area (Å²) in [6.45, 7) is 10.2. The molecule has 2 rings (SSSR count). The van der Waals surface area contributed by atoms with Crippen LogP contribution < -0.4 is 15.4 Å². The van der Waals surface area contributed by atoms with Crippen LogP contribution >= 0.6 is 0 Å². The highest BCUT2D eigenvalue weighted by atomic mass is 16.5. The number of nitrogens with one attached hydrogen (secondary N) is 2. The highest BCUT2D eigenvalue weighted by molar-refractivity contribution is 5.79. The smallest absolute Gasteiger partial charge is 0.232 e. The standard InChI is InChI=1S/C20H31N5O3/c1-14-7-8-15(16(11-14)27-10-9-26-6)12-22-19(21-5)23-13-17-24-18(28-25-17)20(2,3)4/h7-8,11H,9-10,12-13H2,1-6H3,(H2,21,22,23). The molecule has 0 bridgehead atoms. The van der Waals surface area contributed by atoms with Crippen molar-refractivity contribution in [3.8, 4) is 5.75 Å². The van der Waals surface area contributed by atoms with Crippen LogP contribution in [-0.4, -0.2) is 43.5 Å². The van der Waals surface area contributed by atoms with Crippen molar-refractivity contribution >= 4 is 5.96 Å². The van der Waals surface area contributed by atoms with E-state index in [2.05, 4.69) is 31.8 Å². The first-order chi connectivity index (χ1) is 13.3. The summed E-state index contributed by atoms with van der Waals surface area (Å²) in [5.74, 6) is 2.69. The van der Waals surface area contributed by atoms with Gasteiger partial charge in [-0.1, -0.05) is 38.1 Å². The predicted octanol–water partition coefficient (Wildman–Crippen LogP) is 2.57. The van der Waals surface area contributed by atoms with Crippen LogP contribution in [0.25, 0.3) is 0 Å². The minimum absolute atomic E-state index is 0.171. The Bertz CT molecular complexity index is 780. The molecule has 0 unspecified atom stereocenters. The Kier molecular flexibility index (Phi) is 7.80. The van der Waals surface area contributed by atoms with Crippen LogP contribution in [0.3, 0.4) is 0 Å². The Morgan fingerprint density at radius 3 is 2.57 bits per heavy atom. The number of aryl methyl sites for hydroxylation is 1. The van der Waals surface area contributed by atoms with Crippen LogP contribution in [0.1, 0.15) is 43.6 Å². The average Bonchev–Trinajstić information content (AvgIpc) is 3.13. The van der Waals surface area contributed by atoms with Crippen LogP contribution in [-0.2, 0) is 23.2 Å². The first-order valence-electron chi connectivity index (χ1n) is 9.32. The molecular weight excluding hydrogens is 358 g/mol. The molecule has 1 aromatic heterocycles. The van der Waals surface area contributed by atoms with Gasteiger partial charge < -0.3 is 24.6 Å². The monoisotopic (exact) mass is 389 g/mol. The van der Waals surface area contributed by atoms with Crippen LogP contribution in [0.15, 0.2) is 27.7 Å². The van der Waals surface area contributed by atoms with E-state index in [1.54, 1.807) is 14.2 Å². The van der Waals surface area contributed by atoms with Crippen LogP contribution in [0.2, 0.25) is 0 Å². The molecule has 1 aromatic carbocycles. The Hall–Kier alpha value is -2.61. The zero-order valence-electron chi connectivity index (χ0n) is 17.6. The zero-order chi connectivity index (χ0) is 20.6. The van der Waals surface area contributed by atoms with Crippen molar-refractivity contribution in [3.05, 3.63) is 41.0 Å². The Balaban J connectivity index is 1.92. The van der Waals surface area contributed by atoms with E-state index in [0.717, 1.165) is 16.9 Å². The summed E-state index contributed by atoms with van der Waals surface area (Å²) >= 11 is 0. The van der Waals surface area contributed by atoms with Crippen molar-refractivity contribution in [2.24, 2.45) is 4.99 Å². The van der Waals surface area contributed by atoms with Gasteiger partial charge in [-0.25, -0.2) is 0 Å². The van der Waals surface area contributed by atoms with Gasteiger partial charge in [0.2, 0.25) is 5.89 Å². The summed E-state index contributed by atoms with van der Waals surface area (Å²) in [5.41, 5.74) is 2.01. The van der Waals surface area contributed by atoms with Crippen molar-refractivity contribution < 1.29 is 14.0 Å². The second-order valence-corrected chi connectivity index (χ2v) is 7.50. The van der Waals surface area contributed by atoms with Crippen molar-refractivity contribution in [3.63, 3.8) is 0 Å². The van der Waals surface area contributed by atoms with Gasteiger partial charge in [0.15, 0.2) is 11.8 Å². The second kappa shape index (κ2) is 10.1. The van der Waals surface area contributed by atoms with Crippen LogP contribution in [0.4, 0.5) is 0 Å². The van der Waals surface area contributed by atoms with Crippen molar-refractivity contribution in [1.82, 2.24) is 20.8 Å². The molecule has 154 valence electrons. The SMILES string of the molecule is CN=C(NCc1noc(C(C)(C)C)n1)NCc1ccc(C)cc1OCCOC. The van der Waals surface area contributed by atoms with E-state index in [0.29, 0.717) is 44.0 Å². The molecule has 2 N–H and O–H groups in total. The average molecular weight is 390 g/mol. The molecule has 2 aromatic rings. The first kappa shape index (κ1) is 21.7. The fourth-order valence-electron chi connectivity index (χ4n) is 2.37. The number of ether oxygens (including phenoxy) is 2. The number of hydrogen-bond acceptors (Lipinski definition) is 6. The minimum atomic E-state index is -0.171. The van der Waals surface area contributed by atoms with Gasteiger partial charge in [-0.2, -0.15) is 4.98 Å². The summed E-state index contributed by atoms with van der Waals surface area (Å²) in [7, 11) is 3.38. The lowest BCUT2D eigenvalue weighted by atomic mass is 9.97. The van der Waals surface area contributed by atoms with Crippen LogP contribution in [0, 0.1) is 6.92 Å². The number of rotatable bonds is 8. The third-order valence-corrected chi connectivity index (χ3v) is 3.96. The summed E-state index contributed by atoms with van der Waals surface area (Å²) in [6.07, 6.45) is 0. The third kappa shape index (κ3) is 6.53. The van der Waals surface area contributed by atoms with Gasteiger partial charge in [0.25, 0.3) is 0 Å². The zero-order valence-corrected chi connectivity index (χ0v) is 17.6. The molecule has 0 aliphatic carbocycles. The fourth-order valence-corrected chi connectivity index (χ4v) is 2.37. The van der Waals surface area contributed by atoms with Gasteiger partial charge >= 0.3 is 0 Å². The number of guanidine groups is 1. The Morgan fingerprint density at radius 2 is 1.93 bits per heavy atom. The number of hydrogen-bond donors (Lipinski definition) is 2. The lowest BCUT2D eigenvalue weighted by molar-refractivity contribution is 0.145. The Labute approximate surface area is 166 Å². The largest absolute Gasteiger partial charge is 0.491 e. The molecule has 0 aliphatic heterocycles. The first-order valence-corrected chi connectivity index (χ1v) is 9.32. The minimum Gasteiger partial charge on any atom is -0.491 e. The van der Waals surface area contributed by atoms with Gasteiger partial charge in [-0.05, 0) is 18.6 Å². The maximum Gasteiger partial charge on any atom is 0.232 e. The van der Waals surface area contributed by atoms with E-state index in [-0.39, 0.29) is 5.41 Å². The molecule has 0 radical (unpaired) electrons. The molecule has 28 heavy (non-hydrogen) atoms. The van der Waals surface area contributed by atoms with Crippen molar-refractivity contribution in [1.29, 1.82) is 0 Å². The topological polar surface area (TPSA) is 93.8 Å². The molecule has 8 heteroatoms. The highest BCUT2D eigenvalue weighted by Gasteiger charge is 2.21. The van der Waals surface area contributed by atoms with Gasteiger partial charge in [0, 0.05) is 31.7 Å². The van der Waals surface area contributed by atoms with E-state index in [9.17, 15) is 0 Å². The summed E-state index contributed by atoms with van der Waals surface area (Å²) in [6, 6.07) is 6.13. The number of aliphatic imine (C=N–C) groups is 1. The van der Waals surface area contributed by atoms with Crippen LogP contribution in [0.5, 0.6) is 5.75 Å². The van der Waals surface area contributed by atoms with Gasteiger partial charge in [-0.3, -0.25) is 4.99 Å². The number of aromatic nitrogens is 2. The van der Waals surface area contributed by atoms with E-state index in [1.807, 2.05) is 39.8 Å². The lowest BCUT2D eigenvalue weighted by Gasteiger charge is -2.15. The van der Waals surface area contributed by atoms with Crippen molar-refractivity contribution in [2.75, 3.05) is 27.4 Å². The second-order valence-electron chi connectivity index (χ2n) is 7.50.